The van der Waals surface area contributed by atoms with Crippen LogP contribution in [0, 0.1) is 6.92 Å². The molecule has 7 nitrogen and oxygen atoms in total. The zero-order chi connectivity index (χ0) is 14.3. The van der Waals surface area contributed by atoms with Crippen molar-refractivity contribution in [2.24, 2.45) is 0 Å². The number of aromatic nitrogens is 4. The van der Waals surface area contributed by atoms with E-state index in [0.29, 0.717) is 22.8 Å². The van der Waals surface area contributed by atoms with Crippen LogP contribution in [0.5, 0.6) is 0 Å². The summed E-state index contributed by atoms with van der Waals surface area (Å²) < 4.78 is 21.1. The fraction of sp³-hybridized carbons (Fsp3) is 0.583. The number of halogens is 1. The molecule has 3 rings (SSSR count). The Hall–Kier alpha value is -1.80. The molecule has 0 radical (unpaired) electrons. The molecule has 1 fully saturated rings. The van der Waals surface area contributed by atoms with Gasteiger partial charge in [-0.2, -0.15) is 0 Å². The number of ether oxygens (including phenoxy) is 1. The van der Waals surface area contributed by atoms with Gasteiger partial charge in [-0.1, -0.05) is 0 Å². The quantitative estimate of drug-likeness (QED) is 0.865. The maximum absolute atomic E-state index is 14.1. The fourth-order valence-corrected chi connectivity index (χ4v) is 2.45. The SMILES string of the molecule is CNc1nc(C)nc2c1ncn2[C@@H]1O[C@H](CO)C[C@H]1F. The van der Waals surface area contributed by atoms with E-state index in [-0.39, 0.29) is 13.0 Å². The van der Waals surface area contributed by atoms with Gasteiger partial charge in [-0.05, 0) is 6.92 Å². The number of hydrogen-bond donors (Lipinski definition) is 2. The second-order valence-electron chi connectivity index (χ2n) is 4.78. The molecule has 0 unspecified atom stereocenters. The molecule has 1 aliphatic heterocycles. The molecule has 1 saturated heterocycles. The van der Waals surface area contributed by atoms with Gasteiger partial charge >= 0.3 is 0 Å². The minimum atomic E-state index is -1.20. The number of rotatable bonds is 3. The lowest BCUT2D eigenvalue weighted by atomic mass is 10.2. The predicted molar refractivity (Wildman–Crippen MR) is 70.1 cm³/mol. The third kappa shape index (κ3) is 2.01. The molecular formula is C12H16FN5O2. The number of nitrogens with one attached hydrogen (secondary N) is 1. The summed E-state index contributed by atoms with van der Waals surface area (Å²) >= 11 is 0. The van der Waals surface area contributed by atoms with Gasteiger partial charge in [0.25, 0.3) is 0 Å². The van der Waals surface area contributed by atoms with E-state index in [9.17, 15) is 4.39 Å². The van der Waals surface area contributed by atoms with Crippen LogP contribution >= 0.6 is 0 Å². The monoisotopic (exact) mass is 281 g/mol. The van der Waals surface area contributed by atoms with Gasteiger partial charge in [0.1, 0.15) is 12.0 Å². The van der Waals surface area contributed by atoms with Crippen LogP contribution in [0.3, 0.4) is 0 Å². The number of aliphatic hydroxyl groups excluding tert-OH is 1. The first-order valence-corrected chi connectivity index (χ1v) is 6.43. The van der Waals surface area contributed by atoms with Crippen LogP contribution in [0.15, 0.2) is 6.33 Å². The van der Waals surface area contributed by atoms with E-state index in [4.69, 9.17) is 9.84 Å². The van der Waals surface area contributed by atoms with Crippen molar-refractivity contribution in [3.63, 3.8) is 0 Å². The first kappa shape index (κ1) is 13.2. The Kier molecular flexibility index (Phi) is 3.27. The van der Waals surface area contributed by atoms with Crippen LogP contribution in [0.25, 0.3) is 11.2 Å². The molecule has 2 aromatic rings. The van der Waals surface area contributed by atoms with Gasteiger partial charge in [-0.25, -0.2) is 19.3 Å². The van der Waals surface area contributed by atoms with Crippen molar-refractivity contribution in [3.05, 3.63) is 12.2 Å². The first-order valence-electron chi connectivity index (χ1n) is 6.43. The van der Waals surface area contributed by atoms with Gasteiger partial charge in [0.05, 0.1) is 19.0 Å². The number of aliphatic hydroxyl groups is 1. The molecule has 0 aromatic carbocycles. The largest absolute Gasteiger partial charge is 0.394 e. The summed E-state index contributed by atoms with van der Waals surface area (Å²) in [6.45, 7) is 1.57. The summed E-state index contributed by atoms with van der Waals surface area (Å²) in [6, 6.07) is 0. The van der Waals surface area contributed by atoms with Gasteiger partial charge in [0.2, 0.25) is 0 Å². The molecule has 0 spiro atoms. The van der Waals surface area contributed by atoms with Crippen LogP contribution < -0.4 is 5.32 Å². The summed E-state index contributed by atoms with van der Waals surface area (Å²) in [6.07, 6.45) is -0.825. The molecule has 8 heteroatoms. The van der Waals surface area contributed by atoms with Crippen LogP contribution in [0.2, 0.25) is 0 Å². The molecule has 0 saturated carbocycles. The second-order valence-corrected chi connectivity index (χ2v) is 4.78. The van der Waals surface area contributed by atoms with Gasteiger partial charge in [-0.15, -0.1) is 0 Å². The fourth-order valence-electron chi connectivity index (χ4n) is 2.45. The minimum Gasteiger partial charge on any atom is -0.394 e. The lowest BCUT2D eigenvalue weighted by molar-refractivity contribution is -0.0351. The van der Waals surface area contributed by atoms with Gasteiger partial charge in [0.15, 0.2) is 23.2 Å². The summed E-state index contributed by atoms with van der Waals surface area (Å²) in [4.78, 5) is 12.8. The van der Waals surface area contributed by atoms with Crippen LogP contribution in [0.1, 0.15) is 18.5 Å². The maximum atomic E-state index is 14.1. The van der Waals surface area contributed by atoms with E-state index < -0.39 is 18.5 Å². The van der Waals surface area contributed by atoms with Gasteiger partial charge < -0.3 is 15.2 Å². The molecule has 2 aromatic heterocycles. The Morgan fingerprint density at radius 3 is 3.00 bits per heavy atom. The highest BCUT2D eigenvalue weighted by molar-refractivity contribution is 5.82. The van der Waals surface area contributed by atoms with Crippen molar-refractivity contribution in [2.45, 2.75) is 31.8 Å². The van der Waals surface area contributed by atoms with E-state index in [1.54, 1.807) is 18.5 Å². The van der Waals surface area contributed by atoms with Crippen molar-refractivity contribution in [3.8, 4) is 0 Å². The van der Waals surface area contributed by atoms with Crippen molar-refractivity contribution >= 4 is 17.0 Å². The average molecular weight is 281 g/mol. The van der Waals surface area contributed by atoms with Crippen LogP contribution in [-0.2, 0) is 4.74 Å². The molecule has 108 valence electrons. The Morgan fingerprint density at radius 2 is 2.35 bits per heavy atom. The van der Waals surface area contributed by atoms with Crippen LogP contribution in [-0.4, -0.2) is 50.6 Å². The van der Waals surface area contributed by atoms with Gasteiger partial charge in [0, 0.05) is 13.5 Å². The normalized spacial score (nSPS) is 26.3. The Balaban J connectivity index is 2.07. The Labute approximate surface area is 114 Å². The molecular weight excluding hydrogens is 265 g/mol. The molecule has 3 atom stereocenters. The zero-order valence-electron chi connectivity index (χ0n) is 11.2. The third-order valence-electron chi connectivity index (χ3n) is 3.38. The predicted octanol–water partition coefficient (Wildman–Crippen LogP) is 0.794. The standard InChI is InChI=1S/C12H16FN5O2/c1-6-16-10(14-2)9-11(17-6)18(5-15-9)12-8(13)3-7(4-19)20-12/h5,7-8,12,19H,3-4H2,1-2H3,(H,14,16,17)/t7-,8+,12+/m0/s1. The molecule has 3 heterocycles. The summed E-state index contributed by atoms with van der Waals surface area (Å²) in [7, 11) is 1.74. The number of fused-ring (bicyclic) bond motifs is 1. The van der Waals surface area contributed by atoms with Crippen LogP contribution in [0.4, 0.5) is 10.2 Å². The van der Waals surface area contributed by atoms with Crippen molar-refractivity contribution < 1.29 is 14.2 Å². The number of alkyl halides is 1. The molecule has 0 bridgehead atoms. The Morgan fingerprint density at radius 1 is 1.55 bits per heavy atom. The topological polar surface area (TPSA) is 85.1 Å². The second kappa shape index (κ2) is 4.95. The number of nitrogens with zero attached hydrogens (tertiary/aromatic N) is 4. The highest BCUT2D eigenvalue weighted by Gasteiger charge is 2.37. The lowest BCUT2D eigenvalue weighted by Crippen LogP contribution is -2.17. The molecule has 1 aliphatic rings. The van der Waals surface area contributed by atoms with E-state index in [0.717, 1.165) is 0 Å². The van der Waals surface area contributed by atoms with Crippen molar-refractivity contribution in [1.82, 2.24) is 19.5 Å². The molecule has 20 heavy (non-hydrogen) atoms. The number of hydrogen-bond acceptors (Lipinski definition) is 6. The Bertz CT molecular complexity index is 632. The molecule has 2 N–H and O–H groups in total. The summed E-state index contributed by atoms with van der Waals surface area (Å²) in [5.41, 5.74) is 1.09. The van der Waals surface area contributed by atoms with Gasteiger partial charge in [-0.3, -0.25) is 4.57 Å². The minimum absolute atomic E-state index is 0.170. The highest BCUT2D eigenvalue weighted by atomic mass is 19.1. The summed E-state index contributed by atoms with van der Waals surface area (Å²) in [5, 5.41) is 12.0. The average Bonchev–Trinajstić information content (AvgIpc) is 3.00. The van der Waals surface area contributed by atoms with Crippen molar-refractivity contribution in [2.75, 3.05) is 19.0 Å². The first-order chi connectivity index (χ1) is 9.63. The lowest BCUT2D eigenvalue weighted by Gasteiger charge is -2.15. The highest BCUT2D eigenvalue weighted by Crippen LogP contribution is 2.33. The van der Waals surface area contributed by atoms with E-state index >= 15 is 0 Å². The summed E-state index contributed by atoms with van der Waals surface area (Å²) in [5.74, 6) is 1.16. The zero-order valence-corrected chi connectivity index (χ0v) is 11.2. The van der Waals surface area contributed by atoms with E-state index in [1.165, 1.54) is 6.33 Å². The molecule has 0 amide bonds. The maximum Gasteiger partial charge on any atom is 0.168 e. The molecule has 0 aliphatic carbocycles. The van der Waals surface area contributed by atoms with E-state index in [1.807, 2.05) is 0 Å². The number of aryl methyl sites for hydroxylation is 1. The number of imidazole rings is 1. The smallest absolute Gasteiger partial charge is 0.168 e. The third-order valence-corrected chi connectivity index (χ3v) is 3.38. The van der Waals surface area contributed by atoms with Crippen molar-refractivity contribution in [1.29, 1.82) is 0 Å². The van der Waals surface area contributed by atoms with E-state index in [2.05, 4.69) is 20.3 Å². The number of anilines is 1.